The van der Waals surface area contributed by atoms with E-state index in [1.807, 2.05) is 54.6 Å². The van der Waals surface area contributed by atoms with Gasteiger partial charge in [-0.25, -0.2) is 0 Å². The quantitative estimate of drug-likeness (QED) is 0.589. The number of benzene rings is 2. The summed E-state index contributed by atoms with van der Waals surface area (Å²) in [5.41, 5.74) is 2.30. The Balaban J connectivity index is 2.19. The van der Waals surface area contributed by atoms with E-state index >= 15 is 0 Å². The van der Waals surface area contributed by atoms with Crippen LogP contribution in [0.25, 0.3) is 11.6 Å². The van der Waals surface area contributed by atoms with Gasteiger partial charge in [0.25, 0.3) is 0 Å². The first-order chi connectivity index (χ1) is 10.2. The SMILES string of the molecule is COc1ccc(C=CC=C(C#N)c2ccccc2Cl)cc1. The van der Waals surface area contributed by atoms with Gasteiger partial charge in [0.2, 0.25) is 0 Å². The number of nitrogens with zero attached hydrogens (tertiary/aromatic N) is 1. The minimum absolute atomic E-state index is 0.533. The van der Waals surface area contributed by atoms with Crippen LogP contribution in [0, 0.1) is 11.3 Å². The predicted octanol–water partition coefficient (Wildman–Crippen LogP) is 4.97. The normalized spacial score (nSPS) is 11.4. The van der Waals surface area contributed by atoms with Gasteiger partial charge < -0.3 is 4.74 Å². The van der Waals surface area contributed by atoms with Gasteiger partial charge in [0.05, 0.1) is 18.8 Å². The van der Waals surface area contributed by atoms with Crippen molar-refractivity contribution in [2.24, 2.45) is 0 Å². The molecule has 0 atom stereocenters. The summed E-state index contributed by atoms with van der Waals surface area (Å²) in [4.78, 5) is 0. The van der Waals surface area contributed by atoms with Crippen molar-refractivity contribution in [3.05, 3.63) is 76.8 Å². The molecule has 0 aliphatic heterocycles. The van der Waals surface area contributed by atoms with Crippen molar-refractivity contribution in [1.29, 1.82) is 5.26 Å². The highest BCUT2D eigenvalue weighted by atomic mass is 35.5. The van der Waals surface area contributed by atoms with Crippen molar-refractivity contribution in [3.8, 4) is 11.8 Å². The maximum atomic E-state index is 9.24. The molecule has 0 spiro atoms. The van der Waals surface area contributed by atoms with Gasteiger partial charge in [-0.3, -0.25) is 0 Å². The number of allylic oxidation sites excluding steroid dienone is 3. The lowest BCUT2D eigenvalue weighted by Crippen LogP contribution is -1.82. The minimum Gasteiger partial charge on any atom is -0.497 e. The first-order valence-corrected chi connectivity index (χ1v) is 6.80. The highest BCUT2D eigenvalue weighted by Crippen LogP contribution is 2.23. The van der Waals surface area contributed by atoms with Crippen LogP contribution < -0.4 is 4.74 Å². The molecular weight excluding hydrogens is 282 g/mol. The van der Waals surface area contributed by atoms with Gasteiger partial charge >= 0.3 is 0 Å². The molecule has 21 heavy (non-hydrogen) atoms. The number of hydrogen-bond donors (Lipinski definition) is 0. The molecule has 0 amide bonds. The van der Waals surface area contributed by atoms with E-state index in [0.29, 0.717) is 10.6 Å². The Bertz CT molecular complexity index is 709. The number of nitriles is 1. The van der Waals surface area contributed by atoms with Crippen LogP contribution in [0.2, 0.25) is 5.02 Å². The summed E-state index contributed by atoms with van der Waals surface area (Å²) in [6, 6.07) is 17.2. The molecule has 0 unspecified atom stereocenters. The molecule has 104 valence electrons. The van der Waals surface area contributed by atoms with Gasteiger partial charge in [-0.2, -0.15) is 5.26 Å². The smallest absolute Gasteiger partial charge is 0.118 e. The highest BCUT2D eigenvalue weighted by Gasteiger charge is 2.03. The topological polar surface area (TPSA) is 33.0 Å². The molecule has 2 aromatic rings. The van der Waals surface area contributed by atoms with Gasteiger partial charge in [0.15, 0.2) is 0 Å². The molecule has 0 aromatic heterocycles. The Morgan fingerprint density at radius 1 is 1.14 bits per heavy atom. The minimum atomic E-state index is 0.533. The molecule has 0 heterocycles. The van der Waals surface area contributed by atoms with Crippen molar-refractivity contribution in [2.45, 2.75) is 0 Å². The van der Waals surface area contributed by atoms with E-state index in [2.05, 4.69) is 6.07 Å². The van der Waals surface area contributed by atoms with Crippen molar-refractivity contribution in [2.75, 3.05) is 7.11 Å². The molecule has 0 N–H and O–H groups in total. The summed E-state index contributed by atoms with van der Waals surface area (Å²) in [7, 11) is 1.64. The zero-order valence-corrected chi connectivity index (χ0v) is 12.3. The summed E-state index contributed by atoms with van der Waals surface area (Å²) < 4.78 is 5.11. The van der Waals surface area contributed by atoms with E-state index in [1.54, 1.807) is 19.3 Å². The molecule has 0 bridgehead atoms. The third-order valence-electron chi connectivity index (χ3n) is 2.95. The molecule has 0 fully saturated rings. The second-order valence-electron chi connectivity index (χ2n) is 4.30. The van der Waals surface area contributed by atoms with Crippen LogP contribution >= 0.6 is 11.6 Å². The molecule has 0 saturated carbocycles. The van der Waals surface area contributed by atoms with E-state index in [9.17, 15) is 5.26 Å². The van der Waals surface area contributed by atoms with Crippen LogP contribution in [0.1, 0.15) is 11.1 Å². The van der Waals surface area contributed by atoms with Gasteiger partial charge in [0, 0.05) is 10.6 Å². The van der Waals surface area contributed by atoms with Crippen LogP contribution in [0.4, 0.5) is 0 Å². The summed E-state index contributed by atoms with van der Waals surface area (Å²) in [6.45, 7) is 0. The monoisotopic (exact) mass is 295 g/mol. The number of ether oxygens (including phenoxy) is 1. The van der Waals surface area contributed by atoms with Crippen molar-refractivity contribution in [3.63, 3.8) is 0 Å². The lowest BCUT2D eigenvalue weighted by molar-refractivity contribution is 0.415. The average molecular weight is 296 g/mol. The van der Waals surface area contributed by atoms with Gasteiger partial charge in [0.1, 0.15) is 5.75 Å². The van der Waals surface area contributed by atoms with Crippen LogP contribution in [0.3, 0.4) is 0 Å². The van der Waals surface area contributed by atoms with Crippen molar-refractivity contribution < 1.29 is 4.74 Å². The Hall–Kier alpha value is -2.50. The van der Waals surface area contributed by atoms with E-state index in [4.69, 9.17) is 16.3 Å². The third kappa shape index (κ3) is 3.98. The van der Waals surface area contributed by atoms with Crippen LogP contribution in [0.5, 0.6) is 5.75 Å². The fraction of sp³-hybridized carbons (Fsp3) is 0.0556. The van der Waals surface area contributed by atoms with Crippen LogP contribution in [-0.2, 0) is 0 Å². The molecule has 3 heteroatoms. The van der Waals surface area contributed by atoms with Gasteiger partial charge in [-0.15, -0.1) is 0 Å². The number of methoxy groups -OCH3 is 1. The number of halogens is 1. The average Bonchev–Trinajstić information content (AvgIpc) is 2.53. The molecule has 2 aromatic carbocycles. The maximum Gasteiger partial charge on any atom is 0.118 e. The predicted molar refractivity (Wildman–Crippen MR) is 87.1 cm³/mol. The Morgan fingerprint density at radius 3 is 2.48 bits per heavy atom. The zero-order valence-electron chi connectivity index (χ0n) is 11.6. The molecule has 0 saturated heterocycles. The van der Waals surface area contributed by atoms with E-state index < -0.39 is 0 Å². The first-order valence-electron chi connectivity index (χ1n) is 6.42. The molecule has 0 aliphatic rings. The zero-order chi connectivity index (χ0) is 15.1. The second-order valence-corrected chi connectivity index (χ2v) is 4.71. The highest BCUT2D eigenvalue weighted by molar-refractivity contribution is 6.32. The van der Waals surface area contributed by atoms with Crippen molar-refractivity contribution in [1.82, 2.24) is 0 Å². The van der Waals surface area contributed by atoms with E-state index in [1.165, 1.54) is 0 Å². The second kappa shape index (κ2) is 7.33. The van der Waals surface area contributed by atoms with Crippen LogP contribution in [0.15, 0.2) is 60.7 Å². The van der Waals surface area contributed by atoms with E-state index in [-0.39, 0.29) is 0 Å². The Labute approximate surface area is 129 Å². The van der Waals surface area contributed by atoms with Gasteiger partial charge in [-0.05, 0) is 29.8 Å². The van der Waals surface area contributed by atoms with E-state index in [0.717, 1.165) is 16.9 Å². The molecule has 2 nitrogen and oxygen atoms in total. The fourth-order valence-electron chi connectivity index (χ4n) is 1.84. The van der Waals surface area contributed by atoms with Gasteiger partial charge in [-0.1, -0.05) is 54.1 Å². The maximum absolute atomic E-state index is 9.24. The van der Waals surface area contributed by atoms with Crippen molar-refractivity contribution >= 4 is 23.3 Å². The number of hydrogen-bond acceptors (Lipinski definition) is 2. The summed E-state index contributed by atoms with van der Waals surface area (Å²) in [5.74, 6) is 0.816. The molecular formula is C18H14ClNO. The standard InChI is InChI=1S/C18H14ClNO/c1-21-16-11-9-14(10-12-16)5-4-6-15(13-20)17-7-2-3-8-18(17)19/h2-12H,1H3. The Morgan fingerprint density at radius 2 is 1.86 bits per heavy atom. The summed E-state index contributed by atoms with van der Waals surface area (Å²) in [5, 5.41) is 9.81. The number of rotatable bonds is 4. The Kier molecular flexibility index (Phi) is 5.20. The lowest BCUT2D eigenvalue weighted by Gasteiger charge is -2.00. The first kappa shape index (κ1) is 14.9. The molecule has 0 aliphatic carbocycles. The third-order valence-corrected chi connectivity index (χ3v) is 3.28. The molecule has 2 rings (SSSR count). The largest absolute Gasteiger partial charge is 0.497 e. The molecule has 0 radical (unpaired) electrons. The fourth-order valence-corrected chi connectivity index (χ4v) is 2.07. The summed E-state index contributed by atoms with van der Waals surface area (Å²) >= 11 is 6.10. The lowest BCUT2D eigenvalue weighted by atomic mass is 10.1. The van der Waals surface area contributed by atoms with Crippen LogP contribution in [-0.4, -0.2) is 7.11 Å². The summed E-state index contributed by atoms with van der Waals surface area (Å²) in [6.07, 6.45) is 5.52.